The summed E-state index contributed by atoms with van der Waals surface area (Å²) in [5.41, 5.74) is 2.45. The quantitative estimate of drug-likeness (QED) is 0.927. The summed E-state index contributed by atoms with van der Waals surface area (Å²) >= 11 is 0. The maximum Gasteiger partial charge on any atom is 0.0736 e. The standard InChI is InChI=1S/C20H27NO2/c1-3-11(4-2)18-17-13-9-8-12(10-13)16(17)14-6-5-7-15(20(22)23)19(14)21-18/h5-7,11-13,16-18,21H,3-4,8-10H2,1-2H3,(H,22,23)/p-1/t12-,13+,16+,17-,18-/m0/s1. The number of hydrogen-bond donors (Lipinski definition) is 1. The largest absolute Gasteiger partial charge is 0.545 e. The number of carboxylic acid groups (broad SMARTS) is 1. The van der Waals surface area contributed by atoms with E-state index in [2.05, 4.69) is 25.2 Å². The number of anilines is 1. The maximum atomic E-state index is 11.6. The summed E-state index contributed by atoms with van der Waals surface area (Å²) < 4.78 is 0. The minimum atomic E-state index is -1.06. The highest BCUT2D eigenvalue weighted by molar-refractivity contribution is 5.94. The van der Waals surface area contributed by atoms with Crippen molar-refractivity contribution in [2.45, 2.75) is 57.9 Å². The van der Waals surface area contributed by atoms with Crippen LogP contribution in [-0.2, 0) is 0 Å². The second-order valence-electron chi connectivity index (χ2n) is 7.74. The van der Waals surface area contributed by atoms with E-state index in [4.69, 9.17) is 0 Å². The summed E-state index contributed by atoms with van der Waals surface area (Å²) in [6.07, 6.45) is 6.31. The molecule has 2 saturated carbocycles. The Morgan fingerprint density at radius 3 is 2.70 bits per heavy atom. The molecule has 0 spiro atoms. The number of carbonyl (C=O) groups excluding carboxylic acids is 1. The molecule has 1 aromatic rings. The van der Waals surface area contributed by atoms with Crippen molar-refractivity contribution in [1.82, 2.24) is 0 Å². The van der Waals surface area contributed by atoms with Crippen LogP contribution in [-0.4, -0.2) is 12.0 Å². The van der Waals surface area contributed by atoms with Crippen LogP contribution in [0.2, 0.25) is 0 Å². The van der Waals surface area contributed by atoms with E-state index >= 15 is 0 Å². The number of carboxylic acids is 1. The third kappa shape index (κ3) is 2.12. The van der Waals surface area contributed by atoms with Gasteiger partial charge in [0.1, 0.15) is 0 Å². The molecule has 2 aliphatic carbocycles. The van der Waals surface area contributed by atoms with Crippen molar-refractivity contribution in [2.75, 3.05) is 5.32 Å². The molecule has 3 nitrogen and oxygen atoms in total. The van der Waals surface area contributed by atoms with Gasteiger partial charge in [-0.05, 0) is 54.4 Å². The fraction of sp³-hybridized carbons (Fsp3) is 0.650. The van der Waals surface area contributed by atoms with Gasteiger partial charge in [-0.3, -0.25) is 0 Å². The van der Waals surface area contributed by atoms with Gasteiger partial charge in [-0.15, -0.1) is 0 Å². The van der Waals surface area contributed by atoms with Crippen molar-refractivity contribution in [2.24, 2.45) is 23.7 Å². The van der Waals surface area contributed by atoms with Gasteiger partial charge < -0.3 is 15.2 Å². The predicted molar refractivity (Wildman–Crippen MR) is 89.3 cm³/mol. The van der Waals surface area contributed by atoms with Crippen molar-refractivity contribution in [1.29, 1.82) is 0 Å². The van der Waals surface area contributed by atoms with Gasteiger partial charge in [0.25, 0.3) is 0 Å². The molecular weight excluding hydrogens is 286 g/mol. The number of aromatic carboxylic acids is 1. The molecule has 0 aromatic heterocycles. The van der Waals surface area contributed by atoms with Gasteiger partial charge in [0.05, 0.1) is 5.97 Å². The number of fused-ring (bicyclic) bond motifs is 7. The van der Waals surface area contributed by atoms with Crippen molar-refractivity contribution in [3.8, 4) is 0 Å². The Morgan fingerprint density at radius 1 is 1.26 bits per heavy atom. The summed E-state index contributed by atoms with van der Waals surface area (Å²) in [6, 6.07) is 6.15. The first-order chi connectivity index (χ1) is 11.2. The van der Waals surface area contributed by atoms with Crippen LogP contribution in [0.1, 0.15) is 67.8 Å². The Morgan fingerprint density at radius 2 is 2.00 bits per heavy atom. The van der Waals surface area contributed by atoms with Gasteiger partial charge in [-0.25, -0.2) is 0 Å². The second kappa shape index (κ2) is 5.54. The Balaban J connectivity index is 1.83. The van der Waals surface area contributed by atoms with Gasteiger partial charge in [0, 0.05) is 17.3 Å². The van der Waals surface area contributed by atoms with Crippen molar-refractivity contribution in [3.05, 3.63) is 29.3 Å². The van der Waals surface area contributed by atoms with Crippen molar-refractivity contribution < 1.29 is 9.90 Å². The van der Waals surface area contributed by atoms with E-state index < -0.39 is 5.97 Å². The van der Waals surface area contributed by atoms with Crippen LogP contribution in [0.4, 0.5) is 5.69 Å². The maximum absolute atomic E-state index is 11.6. The van der Waals surface area contributed by atoms with Crippen LogP contribution < -0.4 is 10.4 Å². The fourth-order valence-corrected chi connectivity index (χ4v) is 5.98. The van der Waals surface area contributed by atoms with Crippen LogP contribution in [0.25, 0.3) is 0 Å². The molecule has 1 heterocycles. The van der Waals surface area contributed by atoms with Crippen LogP contribution >= 0.6 is 0 Å². The van der Waals surface area contributed by atoms with E-state index in [-0.39, 0.29) is 0 Å². The molecule has 1 N–H and O–H groups in total. The first-order valence-corrected chi connectivity index (χ1v) is 9.26. The molecule has 4 rings (SSSR count). The molecule has 2 bridgehead atoms. The SMILES string of the molecule is CCC(CC)[C@@H]1Nc2c(C(=O)[O-])cccc2[C@H]2[C@H]3CC[C@H](C3)[C@@H]21. The number of benzene rings is 1. The summed E-state index contributed by atoms with van der Waals surface area (Å²) in [4.78, 5) is 11.6. The number of nitrogens with one attached hydrogen (secondary N) is 1. The van der Waals surface area contributed by atoms with E-state index in [1.807, 2.05) is 6.07 Å². The molecule has 1 aromatic carbocycles. The average Bonchev–Trinajstić information content (AvgIpc) is 3.17. The zero-order valence-corrected chi connectivity index (χ0v) is 14.0. The third-order valence-corrected chi connectivity index (χ3v) is 6.94. The normalized spacial score (nSPS) is 34.1. The molecule has 124 valence electrons. The highest BCUT2D eigenvalue weighted by atomic mass is 16.4. The summed E-state index contributed by atoms with van der Waals surface area (Å²) in [5.74, 6) is 2.37. The minimum Gasteiger partial charge on any atom is -0.545 e. The van der Waals surface area contributed by atoms with Gasteiger partial charge >= 0.3 is 0 Å². The van der Waals surface area contributed by atoms with Crippen LogP contribution in [0.15, 0.2) is 18.2 Å². The molecule has 3 aliphatic rings. The van der Waals surface area contributed by atoms with Crippen LogP contribution in [0.3, 0.4) is 0 Å². The Kier molecular flexibility index (Phi) is 3.62. The van der Waals surface area contributed by atoms with Crippen molar-refractivity contribution in [3.63, 3.8) is 0 Å². The molecule has 23 heavy (non-hydrogen) atoms. The second-order valence-corrected chi connectivity index (χ2v) is 7.74. The topological polar surface area (TPSA) is 52.2 Å². The van der Waals surface area contributed by atoms with Gasteiger partial charge in [0.15, 0.2) is 0 Å². The highest BCUT2D eigenvalue weighted by Gasteiger charge is 2.54. The number of carbonyl (C=O) groups is 1. The lowest BCUT2D eigenvalue weighted by atomic mass is 9.65. The molecule has 3 heteroatoms. The monoisotopic (exact) mass is 312 g/mol. The van der Waals surface area contributed by atoms with Crippen LogP contribution in [0, 0.1) is 23.7 Å². The summed E-state index contributed by atoms with van der Waals surface area (Å²) in [7, 11) is 0. The summed E-state index contributed by atoms with van der Waals surface area (Å²) in [5, 5.41) is 15.3. The Hall–Kier alpha value is -1.51. The molecule has 2 fully saturated rings. The van der Waals surface area contributed by atoms with E-state index in [1.54, 1.807) is 6.07 Å². The van der Waals surface area contributed by atoms with Gasteiger partial charge in [0.2, 0.25) is 0 Å². The number of para-hydroxylation sites is 1. The predicted octanol–water partition coefficient (Wildman–Crippen LogP) is 3.41. The number of rotatable bonds is 4. The van der Waals surface area contributed by atoms with Gasteiger partial charge in [-0.2, -0.15) is 0 Å². The lowest BCUT2D eigenvalue weighted by molar-refractivity contribution is -0.254. The summed E-state index contributed by atoms with van der Waals surface area (Å²) in [6.45, 7) is 4.52. The molecule has 5 atom stereocenters. The highest BCUT2D eigenvalue weighted by Crippen LogP contribution is 2.62. The first-order valence-electron chi connectivity index (χ1n) is 9.26. The molecule has 0 saturated heterocycles. The van der Waals surface area contributed by atoms with E-state index in [0.717, 1.165) is 30.4 Å². The molecule has 1 aliphatic heterocycles. The smallest absolute Gasteiger partial charge is 0.0736 e. The fourth-order valence-electron chi connectivity index (χ4n) is 5.98. The third-order valence-electron chi connectivity index (χ3n) is 6.94. The van der Waals surface area contributed by atoms with E-state index in [0.29, 0.717) is 29.4 Å². The Bertz CT molecular complexity index is 622. The first kappa shape index (κ1) is 15.0. The van der Waals surface area contributed by atoms with E-state index in [1.165, 1.54) is 24.8 Å². The van der Waals surface area contributed by atoms with Crippen LogP contribution in [0.5, 0.6) is 0 Å². The lowest BCUT2D eigenvalue weighted by Crippen LogP contribution is -2.46. The zero-order chi connectivity index (χ0) is 16.1. The van der Waals surface area contributed by atoms with Gasteiger partial charge in [-0.1, -0.05) is 44.9 Å². The zero-order valence-electron chi connectivity index (χ0n) is 14.0. The molecule has 0 amide bonds. The lowest BCUT2D eigenvalue weighted by Gasteiger charge is -2.46. The Labute approximate surface area is 138 Å². The van der Waals surface area contributed by atoms with E-state index in [9.17, 15) is 9.90 Å². The minimum absolute atomic E-state index is 0.347. The molecule has 0 radical (unpaired) electrons. The average molecular weight is 312 g/mol. The van der Waals surface area contributed by atoms with Crippen molar-refractivity contribution >= 4 is 11.7 Å². The molecular formula is C20H26NO2-. The molecule has 0 unspecified atom stereocenters. The number of hydrogen-bond acceptors (Lipinski definition) is 3.